The molecule has 0 unspecified atom stereocenters. The molecule has 2 aromatic carbocycles. The summed E-state index contributed by atoms with van der Waals surface area (Å²) in [7, 11) is -3.14. The van der Waals surface area contributed by atoms with Gasteiger partial charge in [-0.25, -0.2) is 13.4 Å². The zero-order valence-electron chi connectivity index (χ0n) is 13.8. The smallest absolute Gasteiger partial charge is 0.224 e. The number of anilines is 1. The van der Waals surface area contributed by atoms with E-state index in [1.165, 1.54) is 5.41 Å². The molecule has 1 aromatic heterocycles. The summed E-state index contributed by atoms with van der Waals surface area (Å²) >= 11 is 1.60. The second-order valence-corrected chi connectivity index (χ2v) is 9.20. The number of benzene rings is 2. The largest absolute Gasteiger partial charge is 0.326 e. The Morgan fingerprint density at radius 1 is 1.19 bits per heavy atom. The Morgan fingerprint density at radius 3 is 2.81 bits per heavy atom. The molecule has 0 spiro atoms. The van der Waals surface area contributed by atoms with Crippen molar-refractivity contribution in [1.82, 2.24) is 4.98 Å². The Bertz CT molecular complexity index is 1080. The number of allylic oxidation sites excluding steroid dienone is 1. The first kappa shape index (κ1) is 16.9. The van der Waals surface area contributed by atoms with E-state index >= 15 is 0 Å². The number of para-hydroxylation sites is 1. The third-order valence-corrected chi connectivity index (χ3v) is 6.69. The SMILES string of the molecule is O=C(C[C@@H]1C=CS(=O)(=O)C1)Nc1cccc(-c2nc3ccccc3s2)c1. The van der Waals surface area contributed by atoms with Crippen LogP contribution in [0.1, 0.15) is 6.42 Å². The summed E-state index contributed by atoms with van der Waals surface area (Å²) in [6.07, 6.45) is 1.74. The highest BCUT2D eigenvalue weighted by Crippen LogP contribution is 2.31. The van der Waals surface area contributed by atoms with Crippen molar-refractivity contribution in [3.63, 3.8) is 0 Å². The first-order valence-electron chi connectivity index (χ1n) is 8.15. The van der Waals surface area contributed by atoms with Crippen LogP contribution in [0.5, 0.6) is 0 Å². The molecule has 132 valence electrons. The molecule has 0 bridgehead atoms. The number of carbonyl (C=O) groups excluding carboxylic acids is 1. The van der Waals surface area contributed by atoms with E-state index < -0.39 is 9.84 Å². The van der Waals surface area contributed by atoms with Crippen molar-refractivity contribution in [2.45, 2.75) is 6.42 Å². The second kappa shape index (κ2) is 6.66. The fourth-order valence-electron chi connectivity index (χ4n) is 2.94. The molecule has 0 saturated carbocycles. The Balaban J connectivity index is 1.49. The normalized spacial score (nSPS) is 18.2. The minimum atomic E-state index is -3.14. The van der Waals surface area contributed by atoms with Gasteiger partial charge < -0.3 is 5.32 Å². The first-order chi connectivity index (χ1) is 12.5. The number of fused-ring (bicyclic) bond motifs is 1. The summed E-state index contributed by atoms with van der Waals surface area (Å²) in [6, 6.07) is 15.5. The van der Waals surface area contributed by atoms with E-state index in [1.54, 1.807) is 17.4 Å². The quantitative estimate of drug-likeness (QED) is 0.741. The lowest BCUT2D eigenvalue weighted by Gasteiger charge is -2.09. The molecule has 0 radical (unpaired) electrons. The number of hydrogen-bond donors (Lipinski definition) is 1. The maximum absolute atomic E-state index is 12.2. The van der Waals surface area contributed by atoms with Gasteiger partial charge in [0.2, 0.25) is 5.91 Å². The number of hydrogen-bond acceptors (Lipinski definition) is 5. The molecular formula is C19H16N2O3S2. The van der Waals surface area contributed by atoms with E-state index in [2.05, 4.69) is 10.3 Å². The summed E-state index contributed by atoms with van der Waals surface area (Å²) in [5, 5.41) is 4.94. The third-order valence-electron chi connectivity index (χ3n) is 4.14. The van der Waals surface area contributed by atoms with E-state index in [0.29, 0.717) is 5.69 Å². The van der Waals surface area contributed by atoms with Crippen molar-refractivity contribution >= 4 is 43.0 Å². The predicted octanol–water partition coefficient (Wildman–Crippen LogP) is 3.85. The average molecular weight is 384 g/mol. The Morgan fingerprint density at radius 2 is 2.04 bits per heavy atom. The number of nitrogens with zero attached hydrogens (tertiary/aromatic N) is 1. The van der Waals surface area contributed by atoms with Crippen molar-refractivity contribution < 1.29 is 13.2 Å². The van der Waals surface area contributed by atoms with Crippen molar-refractivity contribution in [3.8, 4) is 10.6 Å². The standard InChI is InChI=1S/C19H16N2O3S2/c22-18(10-13-8-9-26(23,24)12-13)20-15-5-3-4-14(11-15)19-21-16-6-1-2-7-17(16)25-19/h1-9,11,13H,10,12H2,(H,20,22)/t13-/m0/s1. The number of nitrogens with one attached hydrogen (secondary N) is 1. The van der Waals surface area contributed by atoms with Gasteiger partial charge in [0, 0.05) is 29.0 Å². The lowest BCUT2D eigenvalue weighted by molar-refractivity contribution is -0.116. The zero-order valence-corrected chi connectivity index (χ0v) is 15.4. The van der Waals surface area contributed by atoms with E-state index in [1.807, 2.05) is 48.5 Å². The van der Waals surface area contributed by atoms with Gasteiger partial charge in [-0.2, -0.15) is 0 Å². The molecule has 1 N–H and O–H groups in total. The Kier molecular flexibility index (Phi) is 4.34. The van der Waals surface area contributed by atoms with Crippen molar-refractivity contribution in [2.24, 2.45) is 5.92 Å². The second-order valence-electron chi connectivity index (χ2n) is 6.24. The topological polar surface area (TPSA) is 76.1 Å². The maximum atomic E-state index is 12.2. The molecule has 5 nitrogen and oxygen atoms in total. The number of thiazole rings is 1. The van der Waals surface area contributed by atoms with Crippen LogP contribution in [-0.4, -0.2) is 25.1 Å². The summed E-state index contributed by atoms with van der Waals surface area (Å²) < 4.78 is 24.0. The van der Waals surface area contributed by atoms with Gasteiger partial charge in [0.1, 0.15) is 5.01 Å². The fourth-order valence-corrected chi connectivity index (χ4v) is 5.30. The van der Waals surface area contributed by atoms with Crippen LogP contribution in [0.3, 0.4) is 0 Å². The molecule has 4 rings (SSSR count). The van der Waals surface area contributed by atoms with Crippen molar-refractivity contribution in [3.05, 3.63) is 60.0 Å². The van der Waals surface area contributed by atoms with Crippen molar-refractivity contribution in [1.29, 1.82) is 0 Å². The Hall–Kier alpha value is -2.51. The van der Waals surface area contributed by atoms with E-state index in [-0.39, 0.29) is 24.0 Å². The highest BCUT2D eigenvalue weighted by Gasteiger charge is 2.23. The average Bonchev–Trinajstić information content (AvgIpc) is 3.18. The van der Waals surface area contributed by atoms with Crippen molar-refractivity contribution in [2.75, 3.05) is 11.1 Å². The molecule has 0 saturated heterocycles. The van der Waals surface area contributed by atoms with Gasteiger partial charge in [-0.3, -0.25) is 4.79 Å². The minimum absolute atomic E-state index is 0.00612. The molecule has 1 amide bonds. The Labute approximate surface area is 155 Å². The van der Waals surface area contributed by atoms with Gasteiger partial charge in [0.15, 0.2) is 9.84 Å². The highest BCUT2D eigenvalue weighted by molar-refractivity contribution is 7.94. The molecule has 0 aliphatic carbocycles. The predicted molar refractivity (Wildman–Crippen MR) is 105 cm³/mol. The van der Waals surface area contributed by atoms with Crippen LogP contribution >= 0.6 is 11.3 Å². The maximum Gasteiger partial charge on any atom is 0.224 e. The number of carbonyl (C=O) groups is 1. The van der Waals surface area contributed by atoms with Gasteiger partial charge in [0.25, 0.3) is 0 Å². The number of rotatable bonds is 4. The number of sulfone groups is 1. The number of aromatic nitrogens is 1. The van der Waals surface area contributed by atoms with E-state index in [9.17, 15) is 13.2 Å². The minimum Gasteiger partial charge on any atom is -0.326 e. The summed E-state index contributed by atoms with van der Waals surface area (Å²) in [5.41, 5.74) is 2.57. The molecule has 26 heavy (non-hydrogen) atoms. The molecule has 2 heterocycles. The van der Waals surface area contributed by atoms with Crippen LogP contribution in [0.15, 0.2) is 60.0 Å². The van der Waals surface area contributed by atoms with Crippen LogP contribution in [0.2, 0.25) is 0 Å². The monoisotopic (exact) mass is 384 g/mol. The molecule has 1 aliphatic heterocycles. The van der Waals surface area contributed by atoms with Crippen LogP contribution in [0.4, 0.5) is 5.69 Å². The lowest BCUT2D eigenvalue weighted by atomic mass is 10.1. The first-order valence-corrected chi connectivity index (χ1v) is 10.7. The molecular weight excluding hydrogens is 368 g/mol. The molecule has 3 aromatic rings. The third kappa shape index (κ3) is 3.68. The van der Waals surface area contributed by atoms with Gasteiger partial charge in [-0.15, -0.1) is 11.3 Å². The number of amides is 1. The summed E-state index contributed by atoms with van der Waals surface area (Å²) in [5.74, 6) is -0.447. The van der Waals surface area contributed by atoms with Gasteiger partial charge >= 0.3 is 0 Å². The van der Waals surface area contributed by atoms with Crippen LogP contribution in [0.25, 0.3) is 20.8 Å². The fraction of sp³-hybridized carbons (Fsp3) is 0.158. The summed E-state index contributed by atoms with van der Waals surface area (Å²) in [6.45, 7) is 0. The van der Waals surface area contributed by atoms with Crippen LogP contribution in [0, 0.1) is 5.92 Å². The molecule has 1 aliphatic rings. The molecule has 7 heteroatoms. The highest BCUT2D eigenvalue weighted by atomic mass is 32.2. The van der Waals surface area contributed by atoms with Crippen LogP contribution in [-0.2, 0) is 14.6 Å². The van der Waals surface area contributed by atoms with Crippen LogP contribution < -0.4 is 5.32 Å². The van der Waals surface area contributed by atoms with Gasteiger partial charge in [-0.05, 0) is 24.3 Å². The summed E-state index contributed by atoms with van der Waals surface area (Å²) in [4.78, 5) is 16.8. The molecule has 0 fully saturated rings. The lowest BCUT2D eigenvalue weighted by Crippen LogP contribution is -2.17. The zero-order chi connectivity index (χ0) is 18.1. The van der Waals surface area contributed by atoms with Gasteiger partial charge in [0.05, 0.1) is 16.0 Å². The molecule has 1 atom stereocenters. The van der Waals surface area contributed by atoms with E-state index in [4.69, 9.17) is 0 Å². The van der Waals surface area contributed by atoms with Gasteiger partial charge in [-0.1, -0.05) is 30.3 Å². The van der Waals surface area contributed by atoms with E-state index in [0.717, 1.165) is 20.8 Å².